The zero-order chi connectivity index (χ0) is 19.3. The van der Waals surface area contributed by atoms with Crippen LogP contribution in [-0.4, -0.2) is 40.5 Å². The van der Waals surface area contributed by atoms with Gasteiger partial charge in [-0.15, -0.1) is 11.8 Å². The number of hydrogen-bond acceptors (Lipinski definition) is 3. The van der Waals surface area contributed by atoms with E-state index in [1.807, 2.05) is 52.3 Å². The second kappa shape index (κ2) is 8.82. The van der Waals surface area contributed by atoms with Gasteiger partial charge in [0.1, 0.15) is 5.37 Å². The fraction of sp³-hybridized carbons (Fsp3) is 0.391. The van der Waals surface area contributed by atoms with E-state index in [4.69, 9.17) is 0 Å². The molecule has 0 saturated carbocycles. The summed E-state index contributed by atoms with van der Waals surface area (Å²) in [5, 5.41) is 0.00930. The van der Waals surface area contributed by atoms with Crippen molar-refractivity contribution in [3.63, 3.8) is 0 Å². The third kappa shape index (κ3) is 4.25. The summed E-state index contributed by atoms with van der Waals surface area (Å²) in [4.78, 5) is 29.1. The van der Waals surface area contributed by atoms with Gasteiger partial charge in [0, 0.05) is 25.2 Å². The van der Waals surface area contributed by atoms with Gasteiger partial charge in [0.2, 0.25) is 5.91 Å². The average Bonchev–Trinajstić information content (AvgIpc) is 2.94. The van der Waals surface area contributed by atoms with E-state index < -0.39 is 0 Å². The van der Waals surface area contributed by atoms with E-state index in [1.54, 1.807) is 11.8 Å². The molecule has 2 amide bonds. The zero-order valence-electron chi connectivity index (χ0n) is 16.0. The Morgan fingerprint density at radius 2 is 1.61 bits per heavy atom. The Hall–Kier alpha value is -2.27. The first kappa shape index (κ1) is 19.1. The van der Waals surface area contributed by atoms with Gasteiger partial charge in [0.15, 0.2) is 0 Å². The molecule has 2 aromatic rings. The summed E-state index contributed by atoms with van der Waals surface area (Å²) in [5.41, 5.74) is 2.96. The molecule has 1 atom stereocenters. The highest BCUT2D eigenvalue weighted by atomic mass is 32.2. The molecule has 28 heavy (non-hydrogen) atoms. The monoisotopic (exact) mass is 394 g/mol. The lowest BCUT2D eigenvalue weighted by atomic mass is 10.1. The fourth-order valence-electron chi connectivity index (χ4n) is 3.93. The minimum Gasteiger partial charge on any atom is -0.339 e. The van der Waals surface area contributed by atoms with Gasteiger partial charge in [-0.3, -0.25) is 9.59 Å². The van der Waals surface area contributed by atoms with Gasteiger partial charge in [0.25, 0.3) is 5.91 Å². The van der Waals surface area contributed by atoms with E-state index in [9.17, 15) is 9.59 Å². The predicted molar refractivity (Wildman–Crippen MR) is 113 cm³/mol. The van der Waals surface area contributed by atoms with Crippen molar-refractivity contribution in [1.29, 1.82) is 0 Å². The third-order valence-electron chi connectivity index (χ3n) is 5.50. The zero-order valence-corrected chi connectivity index (χ0v) is 16.9. The number of carbonyl (C=O) groups is 2. The molecule has 146 valence electrons. The van der Waals surface area contributed by atoms with Crippen molar-refractivity contribution in [2.24, 2.45) is 0 Å². The van der Waals surface area contributed by atoms with Gasteiger partial charge in [0.05, 0.1) is 5.75 Å². The molecule has 2 saturated heterocycles. The van der Waals surface area contributed by atoms with Crippen molar-refractivity contribution in [2.75, 3.05) is 18.8 Å². The van der Waals surface area contributed by atoms with E-state index in [2.05, 4.69) is 12.1 Å². The smallest absolute Gasteiger partial charge is 0.253 e. The number of benzene rings is 2. The maximum Gasteiger partial charge on any atom is 0.253 e. The van der Waals surface area contributed by atoms with Crippen molar-refractivity contribution < 1.29 is 9.59 Å². The number of likely N-dealkylation sites (tertiary alicyclic amines) is 1. The molecule has 0 N–H and O–H groups in total. The van der Waals surface area contributed by atoms with Gasteiger partial charge in [-0.2, -0.15) is 0 Å². The standard InChI is InChI=1S/C23H26N2O2S/c26-21-17-28-23(25(21)16-18-8-4-3-5-9-18)20-12-10-19(11-13-20)22(27)24-14-6-1-2-7-15-24/h3-5,8-13,23H,1-2,6-7,14-17H2/t23-/m1/s1. The lowest BCUT2D eigenvalue weighted by molar-refractivity contribution is -0.128. The molecule has 2 heterocycles. The molecule has 2 aliphatic rings. The SMILES string of the molecule is O=C(c1ccc([C@H]2SCC(=O)N2Cc2ccccc2)cc1)N1CCCCCC1. The van der Waals surface area contributed by atoms with E-state index in [0.717, 1.165) is 42.6 Å². The third-order valence-corrected chi connectivity index (χ3v) is 6.76. The molecule has 0 unspecified atom stereocenters. The summed E-state index contributed by atoms with van der Waals surface area (Å²) < 4.78 is 0. The summed E-state index contributed by atoms with van der Waals surface area (Å²) >= 11 is 1.66. The van der Waals surface area contributed by atoms with Crippen molar-refractivity contribution in [2.45, 2.75) is 37.6 Å². The van der Waals surface area contributed by atoms with Crippen LogP contribution in [-0.2, 0) is 11.3 Å². The minimum atomic E-state index is 0.00930. The molecule has 2 aromatic carbocycles. The summed E-state index contributed by atoms with van der Waals surface area (Å²) in [5.74, 6) is 0.805. The number of nitrogens with zero attached hydrogens (tertiary/aromatic N) is 2. The summed E-state index contributed by atoms with van der Waals surface area (Å²) in [6, 6.07) is 18.0. The van der Waals surface area contributed by atoms with Gasteiger partial charge in [-0.1, -0.05) is 55.3 Å². The van der Waals surface area contributed by atoms with Crippen molar-refractivity contribution in [1.82, 2.24) is 9.80 Å². The molecule has 2 fully saturated rings. The Labute approximate surface area is 170 Å². The highest BCUT2D eigenvalue weighted by Gasteiger charge is 2.32. The van der Waals surface area contributed by atoms with Crippen LogP contribution in [0.2, 0.25) is 0 Å². The van der Waals surface area contributed by atoms with Crippen LogP contribution in [0.5, 0.6) is 0 Å². The number of thioether (sulfide) groups is 1. The van der Waals surface area contributed by atoms with Gasteiger partial charge < -0.3 is 9.80 Å². The largest absolute Gasteiger partial charge is 0.339 e. The Bertz CT molecular complexity index is 814. The normalized spacial score (nSPS) is 20.3. The Kier molecular flexibility index (Phi) is 6.01. The average molecular weight is 395 g/mol. The first-order valence-corrected chi connectivity index (χ1v) is 11.1. The number of amides is 2. The lowest BCUT2D eigenvalue weighted by Crippen LogP contribution is -2.31. The molecule has 5 heteroatoms. The van der Waals surface area contributed by atoms with Crippen LogP contribution >= 0.6 is 11.8 Å². The summed E-state index contributed by atoms with van der Waals surface area (Å²) in [6.45, 7) is 2.34. The Morgan fingerprint density at radius 1 is 0.929 bits per heavy atom. The van der Waals surface area contributed by atoms with Crippen LogP contribution in [0.25, 0.3) is 0 Å². The van der Waals surface area contributed by atoms with E-state index >= 15 is 0 Å². The molecule has 0 aliphatic carbocycles. The highest BCUT2D eigenvalue weighted by molar-refractivity contribution is 8.00. The first-order valence-electron chi connectivity index (χ1n) is 10.1. The summed E-state index contributed by atoms with van der Waals surface area (Å²) in [6.07, 6.45) is 4.62. The highest BCUT2D eigenvalue weighted by Crippen LogP contribution is 2.39. The van der Waals surface area contributed by atoms with Crippen LogP contribution < -0.4 is 0 Å². The van der Waals surface area contributed by atoms with E-state index in [0.29, 0.717) is 12.3 Å². The Morgan fingerprint density at radius 3 is 2.29 bits per heavy atom. The molecule has 0 aromatic heterocycles. The molecular weight excluding hydrogens is 368 g/mol. The van der Waals surface area contributed by atoms with Gasteiger partial charge >= 0.3 is 0 Å². The van der Waals surface area contributed by atoms with Crippen LogP contribution in [0, 0.1) is 0 Å². The topological polar surface area (TPSA) is 40.6 Å². The second-order valence-electron chi connectivity index (χ2n) is 7.50. The van der Waals surface area contributed by atoms with Crippen molar-refractivity contribution in [3.8, 4) is 0 Å². The molecule has 0 spiro atoms. The quantitative estimate of drug-likeness (QED) is 0.768. The van der Waals surface area contributed by atoms with Crippen molar-refractivity contribution in [3.05, 3.63) is 71.3 Å². The van der Waals surface area contributed by atoms with E-state index in [1.165, 1.54) is 12.8 Å². The van der Waals surface area contributed by atoms with E-state index in [-0.39, 0.29) is 17.2 Å². The predicted octanol–water partition coefficient (Wildman–Crippen LogP) is 4.48. The number of hydrogen-bond donors (Lipinski definition) is 0. The van der Waals surface area contributed by atoms with Crippen LogP contribution in [0.4, 0.5) is 0 Å². The Balaban J connectivity index is 1.47. The lowest BCUT2D eigenvalue weighted by Gasteiger charge is -2.25. The molecule has 0 bridgehead atoms. The van der Waals surface area contributed by atoms with Crippen LogP contribution in [0.3, 0.4) is 0 Å². The first-order chi connectivity index (χ1) is 13.7. The number of carbonyl (C=O) groups excluding carboxylic acids is 2. The molecule has 4 rings (SSSR count). The van der Waals surface area contributed by atoms with Gasteiger partial charge in [-0.05, 0) is 36.1 Å². The van der Waals surface area contributed by atoms with Crippen LogP contribution in [0.1, 0.15) is 52.5 Å². The van der Waals surface area contributed by atoms with Gasteiger partial charge in [-0.25, -0.2) is 0 Å². The molecule has 0 radical (unpaired) electrons. The van der Waals surface area contributed by atoms with Crippen LogP contribution in [0.15, 0.2) is 54.6 Å². The summed E-state index contributed by atoms with van der Waals surface area (Å²) in [7, 11) is 0. The maximum absolute atomic E-state index is 12.8. The molecule has 2 aliphatic heterocycles. The minimum absolute atomic E-state index is 0.00930. The molecular formula is C23H26N2O2S. The molecule has 4 nitrogen and oxygen atoms in total. The second-order valence-corrected chi connectivity index (χ2v) is 8.57. The van der Waals surface area contributed by atoms with Crippen molar-refractivity contribution >= 4 is 23.6 Å². The number of rotatable bonds is 4. The fourth-order valence-corrected chi connectivity index (χ4v) is 5.12. The maximum atomic E-state index is 12.8.